The Balaban J connectivity index is 2.41. The number of nitrogens with one attached hydrogen (secondary N) is 1. The van der Waals surface area contributed by atoms with Crippen molar-refractivity contribution in [2.75, 3.05) is 18.8 Å². The van der Waals surface area contributed by atoms with Gasteiger partial charge in [-0.2, -0.15) is 0 Å². The molecule has 0 heterocycles. The van der Waals surface area contributed by atoms with E-state index in [0.717, 1.165) is 22.5 Å². The second kappa shape index (κ2) is 6.67. The fourth-order valence-corrected chi connectivity index (χ4v) is 4.05. The molecule has 10 heteroatoms. The van der Waals surface area contributed by atoms with E-state index in [1.807, 2.05) is 0 Å². The predicted molar refractivity (Wildman–Crippen MR) is 89.5 cm³/mol. The summed E-state index contributed by atoms with van der Waals surface area (Å²) in [6.45, 7) is 0. The Kier molecular flexibility index (Phi) is 5.19. The van der Waals surface area contributed by atoms with Crippen molar-refractivity contribution in [3.8, 4) is 0 Å². The van der Waals surface area contributed by atoms with Crippen LogP contribution >= 0.6 is 11.6 Å². The van der Waals surface area contributed by atoms with E-state index in [1.165, 1.54) is 38.4 Å². The molecule has 0 saturated heterocycles. The summed E-state index contributed by atoms with van der Waals surface area (Å²) in [5, 5.41) is 0.0607. The fraction of sp³-hybridized carbons (Fsp3) is 0.143. The fourth-order valence-electron chi connectivity index (χ4n) is 1.83. The quantitative estimate of drug-likeness (QED) is 0.847. The average molecular weight is 393 g/mol. The predicted octanol–water partition coefficient (Wildman–Crippen LogP) is 2.53. The molecule has 0 bridgehead atoms. The molecule has 0 spiro atoms. The van der Waals surface area contributed by atoms with Crippen molar-refractivity contribution in [3.63, 3.8) is 0 Å². The van der Waals surface area contributed by atoms with Crippen molar-refractivity contribution in [1.82, 2.24) is 4.31 Å². The maximum Gasteiger partial charge on any atom is 0.264 e. The van der Waals surface area contributed by atoms with Gasteiger partial charge < -0.3 is 0 Å². The molecule has 0 aromatic heterocycles. The topological polar surface area (TPSA) is 83.6 Å². The molecule has 0 fully saturated rings. The molecule has 2 aromatic carbocycles. The maximum atomic E-state index is 13.8. The van der Waals surface area contributed by atoms with Crippen molar-refractivity contribution in [3.05, 3.63) is 53.3 Å². The van der Waals surface area contributed by atoms with E-state index in [0.29, 0.717) is 0 Å². The molecular formula is C14H14ClFN2O4S2. The van der Waals surface area contributed by atoms with E-state index in [9.17, 15) is 21.2 Å². The smallest absolute Gasteiger partial charge is 0.264 e. The molecule has 24 heavy (non-hydrogen) atoms. The minimum absolute atomic E-state index is 0.00715. The highest BCUT2D eigenvalue weighted by Crippen LogP contribution is 2.23. The maximum absolute atomic E-state index is 13.8. The zero-order chi connectivity index (χ0) is 18.1. The first-order valence-corrected chi connectivity index (χ1v) is 9.84. The zero-order valence-corrected chi connectivity index (χ0v) is 15.1. The molecule has 0 unspecified atom stereocenters. The van der Waals surface area contributed by atoms with Gasteiger partial charge in [-0.1, -0.05) is 17.7 Å². The molecule has 0 aliphatic heterocycles. The first-order valence-electron chi connectivity index (χ1n) is 6.54. The molecule has 0 atom stereocenters. The normalized spacial score (nSPS) is 12.4. The van der Waals surface area contributed by atoms with Crippen molar-refractivity contribution < 1.29 is 21.2 Å². The van der Waals surface area contributed by atoms with Gasteiger partial charge in [-0.25, -0.2) is 25.5 Å². The Morgan fingerprint density at radius 3 is 2.29 bits per heavy atom. The number of sulfonamides is 2. The standard InChI is InChI=1S/C14H14ClFN2O4S2/c1-18(2)24(21,22)12-5-3-4-11(9-12)17-23(19,20)14-7-6-10(15)8-13(14)16/h3-9,17H,1-2H3. The van der Waals surface area contributed by atoms with Crippen LogP contribution in [-0.2, 0) is 20.0 Å². The summed E-state index contributed by atoms with van der Waals surface area (Å²) < 4.78 is 65.7. The zero-order valence-electron chi connectivity index (χ0n) is 12.7. The number of benzene rings is 2. The van der Waals surface area contributed by atoms with Crippen LogP contribution in [0.3, 0.4) is 0 Å². The van der Waals surface area contributed by atoms with E-state index >= 15 is 0 Å². The largest absolute Gasteiger partial charge is 0.279 e. The van der Waals surface area contributed by atoms with Gasteiger partial charge in [0.1, 0.15) is 10.7 Å². The summed E-state index contributed by atoms with van der Waals surface area (Å²) in [6, 6.07) is 8.37. The Morgan fingerprint density at radius 1 is 1.04 bits per heavy atom. The average Bonchev–Trinajstić information content (AvgIpc) is 2.46. The van der Waals surface area contributed by atoms with Gasteiger partial charge >= 0.3 is 0 Å². The van der Waals surface area contributed by atoms with Crippen molar-refractivity contribution >= 4 is 37.3 Å². The van der Waals surface area contributed by atoms with Crippen molar-refractivity contribution in [2.45, 2.75) is 9.79 Å². The highest BCUT2D eigenvalue weighted by Gasteiger charge is 2.21. The van der Waals surface area contributed by atoms with Crippen LogP contribution in [0.25, 0.3) is 0 Å². The number of rotatable bonds is 5. The van der Waals surface area contributed by atoms with E-state index < -0.39 is 30.8 Å². The Labute approximate surface area is 145 Å². The summed E-state index contributed by atoms with van der Waals surface area (Å²) in [7, 11) is -5.25. The monoisotopic (exact) mass is 392 g/mol. The molecule has 0 radical (unpaired) electrons. The minimum Gasteiger partial charge on any atom is -0.279 e. The number of halogens is 2. The molecule has 6 nitrogen and oxygen atoms in total. The molecule has 0 amide bonds. The lowest BCUT2D eigenvalue weighted by Gasteiger charge is -2.13. The van der Waals surface area contributed by atoms with Gasteiger partial charge in [0.25, 0.3) is 10.0 Å². The van der Waals surface area contributed by atoms with Gasteiger partial charge in [-0.15, -0.1) is 0 Å². The molecule has 0 aliphatic rings. The lowest BCUT2D eigenvalue weighted by atomic mass is 10.3. The van der Waals surface area contributed by atoms with E-state index in [-0.39, 0.29) is 15.6 Å². The Bertz CT molecular complexity index is 976. The summed E-state index contributed by atoms with van der Waals surface area (Å²) in [5.74, 6) is -1.01. The van der Waals surface area contributed by atoms with Gasteiger partial charge in [-0.3, -0.25) is 4.72 Å². The molecule has 2 aromatic rings. The SMILES string of the molecule is CN(C)S(=O)(=O)c1cccc(NS(=O)(=O)c2ccc(Cl)cc2F)c1. The lowest BCUT2D eigenvalue weighted by molar-refractivity contribution is 0.520. The van der Waals surface area contributed by atoms with Crippen LogP contribution in [0.5, 0.6) is 0 Å². The van der Waals surface area contributed by atoms with Crippen molar-refractivity contribution in [2.24, 2.45) is 0 Å². The Hall–Kier alpha value is -1.68. The third-order valence-corrected chi connectivity index (χ3v) is 6.51. The second-order valence-corrected chi connectivity index (χ2v) is 9.23. The first kappa shape index (κ1) is 18.7. The summed E-state index contributed by atoms with van der Waals surface area (Å²) in [6.07, 6.45) is 0. The van der Waals surface area contributed by atoms with E-state index in [4.69, 9.17) is 11.6 Å². The number of nitrogens with zero attached hydrogens (tertiary/aromatic N) is 1. The van der Waals surface area contributed by atoms with Gasteiger partial charge in [0.2, 0.25) is 10.0 Å². The molecule has 0 saturated carbocycles. The first-order chi connectivity index (χ1) is 11.0. The second-order valence-electron chi connectivity index (χ2n) is 5.00. The number of hydrogen-bond donors (Lipinski definition) is 1. The minimum atomic E-state index is -4.24. The highest BCUT2D eigenvalue weighted by molar-refractivity contribution is 7.92. The van der Waals surface area contributed by atoms with Crippen molar-refractivity contribution in [1.29, 1.82) is 0 Å². The van der Waals surface area contributed by atoms with Crippen LogP contribution in [0, 0.1) is 5.82 Å². The summed E-state index contributed by atoms with van der Waals surface area (Å²) in [5.41, 5.74) is -0.00715. The summed E-state index contributed by atoms with van der Waals surface area (Å²) >= 11 is 5.60. The molecule has 0 aliphatic carbocycles. The third kappa shape index (κ3) is 3.86. The van der Waals surface area contributed by atoms with Gasteiger partial charge in [0, 0.05) is 19.1 Å². The number of hydrogen-bond acceptors (Lipinski definition) is 4. The molecule has 1 N–H and O–H groups in total. The van der Waals surface area contributed by atoms with Crippen LogP contribution in [0.4, 0.5) is 10.1 Å². The van der Waals surface area contributed by atoms with Gasteiger partial charge in [0.05, 0.1) is 10.6 Å². The van der Waals surface area contributed by atoms with E-state index in [2.05, 4.69) is 4.72 Å². The van der Waals surface area contributed by atoms with E-state index in [1.54, 1.807) is 0 Å². The van der Waals surface area contributed by atoms with Crippen LogP contribution in [-0.4, -0.2) is 35.2 Å². The third-order valence-electron chi connectivity index (χ3n) is 3.05. The summed E-state index contributed by atoms with van der Waals surface area (Å²) in [4.78, 5) is -0.683. The van der Waals surface area contributed by atoms with Crippen LogP contribution < -0.4 is 4.72 Å². The molecule has 2 rings (SSSR count). The van der Waals surface area contributed by atoms with Crippen LogP contribution in [0.15, 0.2) is 52.3 Å². The Morgan fingerprint density at radius 2 is 1.71 bits per heavy atom. The lowest BCUT2D eigenvalue weighted by Crippen LogP contribution is -2.22. The van der Waals surface area contributed by atoms with Gasteiger partial charge in [0.15, 0.2) is 0 Å². The van der Waals surface area contributed by atoms with Crippen LogP contribution in [0.2, 0.25) is 5.02 Å². The highest BCUT2D eigenvalue weighted by atomic mass is 35.5. The number of anilines is 1. The van der Waals surface area contributed by atoms with Gasteiger partial charge in [-0.05, 0) is 36.4 Å². The molecular weight excluding hydrogens is 379 g/mol. The van der Waals surface area contributed by atoms with Crippen LogP contribution in [0.1, 0.15) is 0 Å². The molecule has 130 valence electrons.